The molecule has 0 amide bonds. The van der Waals surface area contributed by atoms with E-state index in [2.05, 4.69) is 137 Å². The lowest BCUT2D eigenvalue weighted by Crippen LogP contribution is -2.53. The number of hydrogen-bond donors (Lipinski definition) is 0. The number of benzene rings is 4. The fourth-order valence-electron chi connectivity index (χ4n) is 5.53. The van der Waals surface area contributed by atoms with E-state index in [1.807, 2.05) is 30.6 Å². The molecule has 0 unspecified atom stereocenters. The zero-order valence-corrected chi connectivity index (χ0v) is 23.1. The first-order valence-corrected chi connectivity index (χ1v) is 14.9. The van der Waals surface area contributed by atoms with Crippen LogP contribution in [0.4, 0.5) is 28.4 Å². The second-order valence-electron chi connectivity index (χ2n) is 9.81. The number of rotatable bonds is 5. The molecule has 40 heavy (non-hydrogen) atoms. The second-order valence-corrected chi connectivity index (χ2v) is 12.2. The van der Waals surface area contributed by atoms with E-state index in [9.17, 15) is 0 Å². The Morgan fingerprint density at radius 3 is 2.02 bits per heavy atom. The molecule has 0 atom stereocenters. The van der Waals surface area contributed by atoms with Crippen molar-refractivity contribution in [2.24, 2.45) is 0 Å². The third-order valence-corrected chi connectivity index (χ3v) is 10.0. The summed E-state index contributed by atoms with van der Waals surface area (Å²) in [5.74, 6) is 0. The fourth-order valence-corrected chi connectivity index (χ4v) is 7.98. The number of anilines is 5. The molecule has 0 aliphatic carbocycles. The van der Waals surface area contributed by atoms with Crippen LogP contribution in [-0.2, 0) is 0 Å². The third kappa shape index (κ3) is 4.27. The molecule has 191 valence electrons. The quantitative estimate of drug-likeness (QED) is 0.248. The topological polar surface area (TPSA) is 32.3 Å². The molecule has 0 spiro atoms. The molecule has 1 aliphatic heterocycles. The molecule has 7 rings (SSSR count). The number of hydrogen-bond acceptors (Lipinski definition) is 4. The molecule has 1 aliphatic rings. The van der Waals surface area contributed by atoms with Crippen molar-refractivity contribution < 1.29 is 0 Å². The SMILES string of the molecule is CN1c2ccccc2N(c2cccc(-c3ccccn3)c2)c2cc([Si](c3ccccc3)c3ccccn3)ccc21. The molecule has 4 aromatic carbocycles. The Morgan fingerprint density at radius 1 is 0.525 bits per heavy atom. The van der Waals surface area contributed by atoms with Crippen LogP contribution in [0.5, 0.6) is 0 Å². The Bertz CT molecular complexity index is 1740. The molecule has 5 heteroatoms. The van der Waals surface area contributed by atoms with Crippen LogP contribution in [-0.4, -0.2) is 25.8 Å². The number of aromatic nitrogens is 2. The monoisotopic (exact) mass is 531 g/mol. The predicted molar refractivity (Wildman–Crippen MR) is 168 cm³/mol. The lowest BCUT2D eigenvalue weighted by atomic mass is 10.0. The first-order valence-electron chi connectivity index (χ1n) is 13.4. The maximum atomic E-state index is 4.83. The average molecular weight is 532 g/mol. The summed E-state index contributed by atoms with van der Waals surface area (Å²) in [7, 11) is 0.828. The zero-order chi connectivity index (χ0) is 26.9. The molecular weight excluding hydrogens is 504 g/mol. The van der Waals surface area contributed by atoms with E-state index in [1.54, 1.807) is 0 Å². The van der Waals surface area contributed by atoms with Gasteiger partial charge in [0, 0.05) is 36.0 Å². The molecule has 0 bridgehead atoms. The zero-order valence-electron chi connectivity index (χ0n) is 22.1. The largest absolute Gasteiger partial charge is 0.341 e. The average Bonchev–Trinajstić information content (AvgIpc) is 3.03. The van der Waals surface area contributed by atoms with Crippen LogP contribution in [0.3, 0.4) is 0 Å². The van der Waals surface area contributed by atoms with Crippen LogP contribution in [0, 0.1) is 0 Å². The number of para-hydroxylation sites is 2. The Labute approximate surface area is 236 Å². The van der Waals surface area contributed by atoms with Crippen LogP contribution >= 0.6 is 0 Å². The van der Waals surface area contributed by atoms with Gasteiger partial charge in [-0.05, 0) is 71.0 Å². The highest BCUT2D eigenvalue weighted by Crippen LogP contribution is 2.50. The van der Waals surface area contributed by atoms with Crippen molar-refractivity contribution in [3.8, 4) is 11.3 Å². The van der Waals surface area contributed by atoms with Gasteiger partial charge in [-0.25, -0.2) is 0 Å². The Balaban J connectivity index is 1.43. The highest BCUT2D eigenvalue weighted by molar-refractivity contribution is 6.95. The Morgan fingerprint density at radius 2 is 1.25 bits per heavy atom. The van der Waals surface area contributed by atoms with Crippen molar-refractivity contribution in [1.82, 2.24) is 9.97 Å². The van der Waals surface area contributed by atoms with E-state index in [1.165, 1.54) is 21.7 Å². The summed E-state index contributed by atoms with van der Waals surface area (Å²) in [5, 5.41) is 3.75. The summed E-state index contributed by atoms with van der Waals surface area (Å²) in [5.41, 5.74) is 7.81. The minimum atomic E-state index is -1.33. The van der Waals surface area contributed by atoms with Gasteiger partial charge in [-0.15, -0.1) is 0 Å². The minimum absolute atomic E-state index is 0.963. The van der Waals surface area contributed by atoms with E-state index >= 15 is 0 Å². The van der Waals surface area contributed by atoms with Crippen molar-refractivity contribution >= 4 is 52.9 Å². The minimum Gasteiger partial charge on any atom is -0.341 e. The van der Waals surface area contributed by atoms with Crippen LogP contribution in [0.25, 0.3) is 11.3 Å². The van der Waals surface area contributed by atoms with E-state index in [-0.39, 0.29) is 0 Å². The van der Waals surface area contributed by atoms with Crippen molar-refractivity contribution in [1.29, 1.82) is 0 Å². The van der Waals surface area contributed by atoms with Crippen LogP contribution in [0.2, 0.25) is 0 Å². The lowest BCUT2D eigenvalue weighted by Gasteiger charge is -2.39. The van der Waals surface area contributed by atoms with Gasteiger partial charge in [0.05, 0.1) is 28.4 Å². The third-order valence-electron chi connectivity index (χ3n) is 7.40. The van der Waals surface area contributed by atoms with Gasteiger partial charge < -0.3 is 9.80 Å². The number of fused-ring (bicyclic) bond motifs is 2. The summed E-state index contributed by atoms with van der Waals surface area (Å²) in [4.78, 5) is 14.1. The maximum absolute atomic E-state index is 4.83. The molecule has 1 radical (unpaired) electrons. The second kappa shape index (κ2) is 10.3. The fraction of sp³-hybridized carbons (Fsp3) is 0.0286. The number of pyridine rings is 2. The summed E-state index contributed by atoms with van der Waals surface area (Å²) >= 11 is 0. The van der Waals surface area contributed by atoms with Crippen LogP contribution in [0.15, 0.2) is 146 Å². The van der Waals surface area contributed by atoms with Gasteiger partial charge in [-0.3, -0.25) is 9.97 Å². The summed E-state index contributed by atoms with van der Waals surface area (Å²) in [6.07, 6.45) is 3.75. The molecule has 4 nitrogen and oxygen atoms in total. The summed E-state index contributed by atoms with van der Waals surface area (Å²) < 4.78 is 0. The molecule has 0 saturated carbocycles. The molecule has 3 heterocycles. The van der Waals surface area contributed by atoms with Gasteiger partial charge >= 0.3 is 0 Å². The molecular formula is C35H27N4Si. The van der Waals surface area contributed by atoms with Crippen molar-refractivity contribution in [3.05, 3.63) is 146 Å². The van der Waals surface area contributed by atoms with E-state index in [0.717, 1.165) is 33.6 Å². The van der Waals surface area contributed by atoms with Crippen molar-refractivity contribution in [2.45, 2.75) is 0 Å². The smallest absolute Gasteiger partial charge is 0.179 e. The normalized spacial score (nSPS) is 12.2. The summed E-state index contributed by atoms with van der Waals surface area (Å²) in [6, 6.07) is 47.3. The molecule has 6 aromatic rings. The van der Waals surface area contributed by atoms with Crippen LogP contribution in [0.1, 0.15) is 0 Å². The van der Waals surface area contributed by atoms with Gasteiger partial charge in [0.1, 0.15) is 0 Å². The lowest BCUT2D eigenvalue weighted by molar-refractivity contribution is 1.13. The standard InChI is InChI=1S/C35H27N4Si/c1-38-31-17-5-6-18-33(31)39(27-13-11-12-26(24-27)30-16-7-9-22-36-30)34-25-29(20-21-32(34)38)40(28-14-3-2-4-15-28)35-19-8-10-23-37-35/h2-25H,1H3. The highest BCUT2D eigenvalue weighted by Gasteiger charge is 2.30. The Kier molecular flexibility index (Phi) is 6.19. The number of nitrogens with zero attached hydrogens (tertiary/aromatic N) is 4. The molecule has 0 N–H and O–H groups in total. The summed E-state index contributed by atoms with van der Waals surface area (Å²) in [6.45, 7) is 0. The highest BCUT2D eigenvalue weighted by atomic mass is 28.3. The van der Waals surface area contributed by atoms with Gasteiger partial charge in [0.2, 0.25) is 0 Å². The van der Waals surface area contributed by atoms with Gasteiger partial charge in [-0.2, -0.15) is 0 Å². The van der Waals surface area contributed by atoms with E-state index < -0.39 is 8.80 Å². The van der Waals surface area contributed by atoms with Crippen molar-refractivity contribution in [2.75, 3.05) is 16.8 Å². The van der Waals surface area contributed by atoms with Crippen molar-refractivity contribution in [3.63, 3.8) is 0 Å². The molecule has 0 saturated heterocycles. The molecule has 0 fully saturated rings. The van der Waals surface area contributed by atoms with E-state index in [0.29, 0.717) is 0 Å². The van der Waals surface area contributed by atoms with E-state index in [4.69, 9.17) is 4.98 Å². The first kappa shape index (κ1) is 24.1. The van der Waals surface area contributed by atoms with Crippen LogP contribution < -0.4 is 25.5 Å². The Hall–Kier alpha value is -5.00. The van der Waals surface area contributed by atoms with Gasteiger partial charge in [0.25, 0.3) is 0 Å². The maximum Gasteiger partial charge on any atom is 0.179 e. The van der Waals surface area contributed by atoms with Gasteiger partial charge in [-0.1, -0.05) is 72.8 Å². The predicted octanol–water partition coefficient (Wildman–Crippen LogP) is 6.21. The first-order chi connectivity index (χ1) is 19.8. The molecule has 2 aromatic heterocycles. The van der Waals surface area contributed by atoms with Gasteiger partial charge in [0.15, 0.2) is 8.80 Å².